The minimum Gasteiger partial charge on any atom is -0.496 e. The molecule has 10 heteroatoms. The molecule has 0 aliphatic carbocycles. The van der Waals surface area contributed by atoms with Crippen molar-refractivity contribution in [1.29, 1.82) is 0 Å². The first-order chi connectivity index (χ1) is 17.5. The molecule has 8 nitrogen and oxygen atoms in total. The summed E-state index contributed by atoms with van der Waals surface area (Å²) in [5, 5.41) is 6.88. The van der Waals surface area contributed by atoms with Crippen molar-refractivity contribution in [3.8, 4) is 5.75 Å². The molecule has 0 aromatic heterocycles. The molecule has 0 radical (unpaired) electrons. The monoisotopic (exact) mass is 554 g/mol. The van der Waals surface area contributed by atoms with Crippen molar-refractivity contribution in [2.45, 2.75) is 68.8 Å². The smallest absolute Gasteiger partial charge is 0.266 e. The lowest BCUT2D eigenvalue weighted by Crippen LogP contribution is -2.49. The molecule has 208 valence electrons. The van der Waals surface area contributed by atoms with Gasteiger partial charge in [0.2, 0.25) is 0 Å². The molecule has 2 aromatic carbocycles. The number of rotatable bonds is 13. The zero-order valence-corrected chi connectivity index (χ0v) is 23.7. The molecule has 0 saturated carbocycles. The highest BCUT2D eigenvalue weighted by Gasteiger charge is 2.42. The van der Waals surface area contributed by atoms with Crippen molar-refractivity contribution in [3.05, 3.63) is 59.2 Å². The third-order valence-corrected chi connectivity index (χ3v) is 9.89. The Labute approximate surface area is 223 Å². The number of benzene rings is 2. The maximum absolute atomic E-state index is 11.6. The van der Waals surface area contributed by atoms with E-state index in [1.54, 1.807) is 7.11 Å². The predicted molar refractivity (Wildman–Crippen MR) is 151 cm³/mol. The Hall–Kier alpha value is -1.66. The van der Waals surface area contributed by atoms with Crippen LogP contribution in [-0.4, -0.2) is 59.3 Å². The molecule has 0 fully saturated rings. The summed E-state index contributed by atoms with van der Waals surface area (Å²) in [6.45, 7) is 4.98. The SMILES string of the molecule is CCCC[C@]1(CC)CS(O)(O)c2cc(CCCNCCS(=O)(=O)O)c(OC)cc2[C@@H](c2ccccc2)N1. The van der Waals surface area contributed by atoms with E-state index in [1.165, 1.54) is 0 Å². The maximum atomic E-state index is 11.6. The van der Waals surface area contributed by atoms with Crippen LogP contribution < -0.4 is 15.4 Å². The number of aryl methyl sites for hydroxylation is 1. The number of methoxy groups -OCH3 is 1. The second kappa shape index (κ2) is 12.9. The molecular formula is C27H42N2O6S2. The minimum absolute atomic E-state index is 0.169. The van der Waals surface area contributed by atoms with E-state index in [2.05, 4.69) is 36.6 Å². The summed E-state index contributed by atoms with van der Waals surface area (Å²) < 4.78 is 59.6. The minimum atomic E-state index is -3.99. The second-order valence-corrected chi connectivity index (χ2v) is 13.5. The average Bonchev–Trinajstić information content (AvgIpc) is 2.96. The van der Waals surface area contributed by atoms with Gasteiger partial charge < -0.3 is 10.1 Å². The molecule has 1 heterocycles. The molecule has 0 unspecified atom stereocenters. The number of unbranched alkanes of at least 4 members (excludes halogenated alkanes) is 1. The van der Waals surface area contributed by atoms with Crippen LogP contribution in [0.2, 0.25) is 0 Å². The van der Waals surface area contributed by atoms with Gasteiger partial charge in [-0.3, -0.25) is 19.0 Å². The highest BCUT2D eigenvalue weighted by Crippen LogP contribution is 2.58. The summed E-state index contributed by atoms with van der Waals surface area (Å²) >= 11 is 0. The molecule has 2 aromatic rings. The van der Waals surface area contributed by atoms with Gasteiger partial charge in [0.05, 0.1) is 29.6 Å². The summed E-state index contributed by atoms with van der Waals surface area (Å²) in [7, 11) is -5.47. The molecular weight excluding hydrogens is 512 g/mol. The standard InChI is InChI=1S/C27H42N2O6S2/c1-4-6-14-27(5-2)20-36(30,31)25-18-22(13-10-15-28-16-17-37(32,33)34)24(35-3)19-23(25)26(29-27)21-11-8-7-9-12-21/h7-9,11-12,18-19,26,28-31H,4-6,10,13-17,20H2,1-3H3,(H,32,33,34)/t26-,27-/m1/s1. The molecule has 0 bridgehead atoms. The molecule has 0 spiro atoms. The van der Waals surface area contributed by atoms with Crippen molar-refractivity contribution in [3.63, 3.8) is 0 Å². The third-order valence-electron chi connectivity index (χ3n) is 7.16. The Morgan fingerprint density at radius 1 is 1.14 bits per heavy atom. The van der Waals surface area contributed by atoms with E-state index in [0.29, 0.717) is 30.0 Å². The molecule has 2 atom stereocenters. The zero-order valence-electron chi connectivity index (χ0n) is 22.1. The van der Waals surface area contributed by atoms with Gasteiger partial charge in [-0.2, -0.15) is 19.0 Å². The van der Waals surface area contributed by atoms with Crippen LogP contribution in [0, 0.1) is 0 Å². The number of hydrogen-bond donors (Lipinski definition) is 5. The van der Waals surface area contributed by atoms with Crippen molar-refractivity contribution >= 4 is 20.7 Å². The van der Waals surface area contributed by atoms with Gasteiger partial charge in [0.1, 0.15) is 5.75 Å². The molecule has 0 saturated heterocycles. The maximum Gasteiger partial charge on any atom is 0.266 e. The van der Waals surface area contributed by atoms with Crippen LogP contribution in [0.15, 0.2) is 47.4 Å². The lowest BCUT2D eigenvalue weighted by atomic mass is 9.87. The van der Waals surface area contributed by atoms with Crippen LogP contribution in [0.3, 0.4) is 0 Å². The number of ether oxygens (including phenoxy) is 1. The first-order valence-electron chi connectivity index (χ1n) is 13.0. The van der Waals surface area contributed by atoms with E-state index in [9.17, 15) is 17.5 Å². The van der Waals surface area contributed by atoms with Crippen molar-refractivity contribution in [2.24, 2.45) is 0 Å². The topological polar surface area (TPSA) is 128 Å². The summed E-state index contributed by atoms with van der Waals surface area (Å²) in [6.07, 6.45) is 4.96. The highest BCUT2D eigenvalue weighted by atomic mass is 32.3. The van der Waals surface area contributed by atoms with Crippen LogP contribution >= 0.6 is 10.6 Å². The lowest BCUT2D eigenvalue weighted by Gasteiger charge is -2.42. The van der Waals surface area contributed by atoms with Gasteiger partial charge in [0.15, 0.2) is 0 Å². The van der Waals surface area contributed by atoms with Gasteiger partial charge in [0, 0.05) is 17.6 Å². The van der Waals surface area contributed by atoms with Gasteiger partial charge in [-0.15, -0.1) is 0 Å². The molecule has 3 rings (SSSR count). The fraction of sp³-hybridized carbons (Fsp3) is 0.556. The average molecular weight is 555 g/mol. The van der Waals surface area contributed by atoms with E-state index in [1.807, 2.05) is 30.3 Å². The van der Waals surface area contributed by atoms with E-state index >= 15 is 0 Å². The highest BCUT2D eigenvalue weighted by molar-refractivity contribution is 8.24. The van der Waals surface area contributed by atoms with Gasteiger partial charge in [-0.1, -0.05) is 57.0 Å². The number of hydrogen-bond acceptors (Lipinski definition) is 7. The Balaban J connectivity index is 1.97. The van der Waals surface area contributed by atoms with Gasteiger partial charge in [0.25, 0.3) is 10.1 Å². The van der Waals surface area contributed by atoms with Crippen LogP contribution in [0.4, 0.5) is 0 Å². The number of nitrogens with one attached hydrogen (secondary N) is 2. The summed E-state index contributed by atoms with van der Waals surface area (Å²) in [6, 6.07) is 13.7. The third kappa shape index (κ3) is 7.92. The van der Waals surface area contributed by atoms with Gasteiger partial charge in [-0.25, -0.2) is 0 Å². The first-order valence-corrected chi connectivity index (χ1v) is 16.3. The fourth-order valence-electron chi connectivity index (χ4n) is 5.08. The Morgan fingerprint density at radius 2 is 1.86 bits per heavy atom. The predicted octanol–water partition coefficient (Wildman–Crippen LogP) is 5.25. The Morgan fingerprint density at radius 3 is 2.49 bits per heavy atom. The lowest BCUT2D eigenvalue weighted by molar-refractivity contribution is 0.290. The molecule has 1 aliphatic heterocycles. The van der Waals surface area contributed by atoms with Crippen LogP contribution in [0.25, 0.3) is 0 Å². The fourth-order valence-corrected chi connectivity index (χ4v) is 7.72. The molecule has 1 aliphatic rings. The van der Waals surface area contributed by atoms with E-state index < -0.39 is 26.2 Å². The first kappa shape index (κ1) is 29.9. The molecule has 5 N–H and O–H groups in total. The summed E-state index contributed by atoms with van der Waals surface area (Å²) in [4.78, 5) is 0.566. The van der Waals surface area contributed by atoms with Crippen molar-refractivity contribution in [2.75, 3.05) is 31.7 Å². The van der Waals surface area contributed by atoms with Gasteiger partial charge in [-0.05, 0) is 55.5 Å². The number of fused-ring (bicyclic) bond motifs is 1. The quantitative estimate of drug-likeness (QED) is 0.168. The van der Waals surface area contributed by atoms with E-state index in [0.717, 1.165) is 42.4 Å². The summed E-state index contributed by atoms with van der Waals surface area (Å²) in [5.74, 6) is 0.615. The Bertz CT molecular complexity index is 1130. The largest absolute Gasteiger partial charge is 0.496 e. The van der Waals surface area contributed by atoms with Crippen LogP contribution in [-0.2, 0) is 16.5 Å². The summed E-state index contributed by atoms with van der Waals surface area (Å²) in [5.41, 5.74) is 2.35. The second-order valence-electron chi connectivity index (χ2n) is 9.88. The van der Waals surface area contributed by atoms with E-state index in [4.69, 9.17) is 9.29 Å². The Kier molecular flexibility index (Phi) is 10.4. The van der Waals surface area contributed by atoms with Crippen molar-refractivity contribution < 1.29 is 26.8 Å². The van der Waals surface area contributed by atoms with Crippen molar-refractivity contribution in [1.82, 2.24) is 10.6 Å². The molecule has 37 heavy (non-hydrogen) atoms. The van der Waals surface area contributed by atoms with Gasteiger partial charge >= 0.3 is 0 Å². The van der Waals surface area contributed by atoms with Crippen LogP contribution in [0.5, 0.6) is 5.75 Å². The molecule has 0 amide bonds. The van der Waals surface area contributed by atoms with E-state index in [-0.39, 0.29) is 24.1 Å². The zero-order chi connectivity index (χ0) is 27.1. The normalized spacial score (nSPS) is 22.2. The van der Waals surface area contributed by atoms with Crippen LogP contribution in [0.1, 0.15) is 68.7 Å².